The first-order chi connectivity index (χ1) is 14.3. The quantitative estimate of drug-likeness (QED) is 0.387. The molecule has 1 aromatic heterocycles. The van der Waals surface area contributed by atoms with Crippen LogP contribution in [0, 0.1) is 5.82 Å². The van der Waals surface area contributed by atoms with Crippen LogP contribution in [-0.2, 0) is 10.0 Å². The number of fused-ring (bicyclic) bond motifs is 1. The van der Waals surface area contributed by atoms with Crippen molar-refractivity contribution in [3.05, 3.63) is 82.6 Å². The molecule has 30 heavy (non-hydrogen) atoms. The number of hydrogen-bond donors (Lipinski definition) is 2. The van der Waals surface area contributed by atoms with Crippen LogP contribution in [0.4, 0.5) is 15.2 Å². The minimum absolute atomic E-state index is 0.0839. The number of sulfonamides is 1. The first-order valence-electron chi connectivity index (χ1n) is 8.56. The van der Waals surface area contributed by atoms with Gasteiger partial charge < -0.3 is 0 Å². The Morgan fingerprint density at radius 3 is 2.57 bits per heavy atom. The summed E-state index contributed by atoms with van der Waals surface area (Å²) >= 11 is 4.73. The Morgan fingerprint density at radius 1 is 1.03 bits per heavy atom. The van der Waals surface area contributed by atoms with Gasteiger partial charge in [-0.25, -0.2) is 17.8 Å². The summed E-state index contributed by atoms with van der Waals surface area (Å²) in [5.41, 5.74) is 1.23. The normalized spacial score (nSPS) is 11.4. The Labute approximate surface area is 184 Å². The summed E-state index contributed by atoms with van der Waals surface area (Å²) < 4.78 is 42.2. The number of carbonyl (C=O) groups is 1. The third kappa shape index (κ3) is 4.50. The number of benzene rings is 3. The van der Waals surface area contributed by atoms with Gasteiger partial charge in [-0.15, -0.1) is 0 Å². The third-order valence-electron chi connectivity index (χ3n) is 4.07. The maximum atomic E-state index is 13.0. The molecule has 1 heterocycles. The summed E-state index contributed by atoms with van der Waals surface area (Å²) in [7, 11) is -3.92. The zero-order chi connectivity index (χ0) is 21.3. The van der Waals surface area contributed by atoms with E-state index in [0.29, 0.717) is 5.13 Å². The molecule has 10 heteroatoms. The van der Waals surface area contributed by atoms with E-state index in [9.17, 15) is 17.6 Å². The highest BCUT2D eigenvalue weighted by Gasteiger charge is 2.16. The standard InChI is InChI=1S/C20H13BrFN3O3S2/c21-13-4-9-17-18(11-13)29-20(23-17)24-19(26)12-2-1-3-15(10-12)25-30(27,28)16-7-5-14(22)6-8-16/h1-11,25H,(H,23,24,26). The molecule has 152 valence electrons. The second kappa shape index (κ2) is 8.13. The number of carbonyl (C=O) groups excluding carboxylic acids is 1. The highest BCUT2D eigenvalue weighted by atomic mass is 79.9. The van der Waals surface area contributed by atoms with Gasteiger partial charge in [0.1, 0.15) is 5.82 Å². The third-order valence-corrected chi connectivity index (χ3v) is 6.90. The molecule has 0 aliphatic rings. The zero-order valence-electron chi connectivity index (χ0n) is 15.1. The lowest BCUT2D eigenvalue weighted by atomic mass is 10.2. The Hall–Kier alpha value is -2.82. The number of nitrogens with zero attached hydrogens (tertiary/aromatic N) is 1. The largest absolute Gasteiger partial charge is 0.298 e. The van der Waals surface area contributed by atoms with Crippen molar-refractivity contribution in [3.8, 4) is 0 Å². The van der Waals surface area contributed by atoms with Crippen molar-refractivity contribution in [1.29, 1.82) is 0 Å². The Balaban J connectivity index is 1.53. The fourth-order valence-electron chi connectivity index (χ4n) is 2.67. The Kier molecular flexibility index (Phi) is 5.54. The van der Waals surface area contributed by atoms with Gasteiger partial charge in [0, 0.05) is 15.7 Å². The molecule has 0 fully saturated rings. The van der Waals surface area contributed by atoms with Crippen LogP contribution in [0.2, 0.25) is 0 Å². The Morgan fingerprint density at radius 2 is 1.80 bits per heavy atom. The predicted octanol–water partition coefficient (Wildman–Crippen LogP) is 5.25. The predicted molar refractivity (Wildman–Crippen MR) is 119 cm³/mol. The number of nitrogens with one attached hydrogen (secondary N) is 2. The van der Waals surface area contributed by atoms with Crippen LogP contribution in [-0.4, -0.2) is 19.3 Å². The number of aromatic nitrogens is 1. The molecule has 0 saturated heterocycles. The molecule has 4 rings (SSSR count). The molecule has 4 aromatic rings. The van der Waals surface area contributed by atoms with E-state index in [1.165, 1.54) is 35.6 Å². The number of hydrogen-bond acceptors (Lipinski definition) is 5. The maximum absolute atomic E-state index is 13.0. The number of halogens is 2. The van der Waals surface area contributed by atoms with Gasteiger partial charge >= 0.3 is 0 Å². The molecule has 1 amide bonds. The van der Waals surface area contributed by atoms with Crippen LogP contribution in [0.25, 0.3) is 10.2 Å². The van der Waals surface area contributed by atoms with Crippen molar-refractivity contribution in [2.24, 2.45) is 0 Å². The first-order valence-corrected chi connectivity index (χ1v) is 11.7. The molecule has 0 aliphatic heterocycles. The Bertz CT molecular complexity index is 1360. The molecule has 0 radical (unpaired) electrons. The molecule has 0 unspecified atom stereocenters. The molecule has 3 aromatic carbocycles. The average Bonchev–Trinajstić information content (AvgIpc) is 3.09. The van der Waals surface area contributed by atoms with Crippen molar-refractivity contribution in [1.82, 2.24) is 4.98 Å². The molecular weight excluding hydrogens is 493 g/mol. The summed E-state index contributed by atoms with van der Waals surface area (Å²) in [6, 6.07) is 16.1. The maximum Gasteiger partial charge on any atom is 0.261 e. The van der Waals surface area contributed by atoms with Gasteiger partial charge in [-0.3, -0.25) is 14.8 Å². The molecule has 0 spiro atoms. The monoisotopic (exact) mass is 505 g/mol. The number of rotatable bonds is 5. The van der Waals surface area contributed by atoms with E-state index >= 15 is 0 Å². The summed E-state index contributed by atoms with van der Waals surface area (Å²) in [6.45, 7) is 0. The average molecular weight is 506 g/mol. The van der Waals surface area contributed by atoms with E-state index in [2.05, 4.69) is 31.0 Å². The molecular formula is C20H13BrFN3O3S2. The highest BCUT2D eigenvalue weighted by molar-refractivity contribution is 9.10. The van der Waals surface area contributed by atoms with Gasteiger partial charge in [-0.1, -0.05) is 33.3 Å². The van der Waals surface area contributed by atoms with E-state index in [-0.39, 0.29) is 16.1 Å². The summed E-state index contributed by atoms with van der Waals surface area (Å²) in [5, 5.41) is 3.16. The summed E-state index contributed by atoms with van der Waals surface area (Å²) in [4.78, 5) is 16.9. The van der Waals surface area contributed by atoms with Crippen LogP contribution < -0.4 is 10.0 Å². The molecule has 0 bridgehead atoms. The van der Waals surface area contributed by atoms with E-state index in [0.717, 1.165) is 26.8 Å². The van der Waals surface area contributed by atoms with Crippen molar-refractivity contribution >= 4 is 64.2 Å². The fraction of sp³-hybridized carbons (Fsp3) is 0. The van der Waals surface area contributed by atoms with E-state index < -0.39 is 21.7 Å². The van der Waals surface area contributed by atoms with Gasteiger partial charge in [-0.2, -0.15) is 0 Å². The first kappa shape index (κ1) is 20.5. The molecule has 0 aliphatic carbocycles. The number of anilines is 2. The number of thiazole rings is 1. The van der Waals surface area contributed by atoms with Crippen LogP contribution in [0.3, 0.4) is 0 Å². The van der Waals surface area contributed by atoms with Crippen LogP contribution in [0.1, 0.15) is 10.4 Å². The second-order valence-electron chi connectivity index (χ2n) is 6.23. The minimum atomic E-state index is -3.92. The van der Waals surface area contributed by atoms with Crippen molar-refractivity contribution in [2.45, 2.75) is 4.90 Å². The van der Waals surface area contributed by atoms with Crippen molar-refractivity contribution < 1.29 is 17.6 Å². The topological polar surface area (TPSA) is 88.2 Å². The fourth-order valence-corrected chi connectivity index (χ4v) is 5.14. The second-order valence-corrected chi connectivity index (χ2v) is 9.85. The lowest BCUT2D eigenvalue weighted by molar-refractivity contribution is 0.102. The van der Waals surface area contributed by atoms with Crippen LogP contribution in [0.5, 0.6) is 0 Å². The highest BCUT2D eigenvalue weighted by Crippen LogP contribution is 2.29. The van der Waals surface area contributed by atoms with Crippen LogP contribution >= 0.6 is 27.3 Å². The van der Waals surface area contributed by atoms with Crippen molar-refractivity contribution in [3.63, 3.8) is 0 Å². The van der Waals surface area contributed by atoms with E-state index in [1.54, 1.807) is 12.1 Å². The lowest BCUT2D eigenvalue weighted by Gasteiger charge is -2.09. The lowest BCUT2D eigenvalue weighted by Crippen LogP contribution is -2.15. The van der Waals surface area contributed by atoms with Gasteiger partial charge in [0.2, 0.25) is 0 Å². The van der Waals surface area contributed by atoms with Crippen molar-refractivity contribution in [2.75, 3.05) is 10.0 Å². The van der Waals surface area contributed by atoms with E-state index in [4.69, 9.17) is 0 Å². The van der Waals surface area contributed by atoms with Crippen LogP contribution in [0.15, 0.2) is 76.1 Å². The molecule has 6 nitrogen and oxygen atoms in total. The molecule has 2 N–H and O–H groups in total. The van der Waals surface area contributed by atoms with Gasteiger partial charge in [0.25, 0.3) is 15.9 Å². The molecule has 0 saturated carbocycles. The summed E-state index contributed by atoms with van der Waals surface area (Å²) in [6.07, 6.45) is 0. The molecule has 0 atom stereocenters. The van der Waals surface area contributed by atoms with Gasteiger partial charge in [0.05, 0.1) is 15.1 Å². The van der Waals surface area contributed by atoms with Gasteiger partial charge in [0.15, 0.2) is 5.13 Å². The smallest absolute Gasteiger partial charge is 0.261 e. The SMILES string of the molecule is O=C(Nc1nc2ccc(Br)cc2s1)c1cccc(NS(=O)(=O)c2ccc(F)cc2)c1. The summed E-state index contributed by atoms with van der Waals surface area (Å²) in [5.74, 6) is -0.953. The minimum Gasteiger partial charge on any atom is -0.298 e. The zero-order valence-corrected chi connectivity index (χ0v) is 18.3. The van der Waals surface area contributed by atoms with Gasteiger partial charge in [-0.05, 0) is 60.7 Å². The van der Waals surface area contributed by atoms with E-state index in [1.807, 2.05) is 18.2 Å². The number of amides is 1.